The Morgan fingerprint density at radius 2 is 2.12 bits per heavy atom. The standard InChI is InChI=1S/C7H9N/c1-6(2)7(3)4-5-8/h1,3-4H2,2H3. The fourth-order valence-corrected chi connectivity index (χ4v) is 0.246. The molecule has 0 rings (SSSR count). The molecule has 1 nitrogen and oxygen atoms in total. The Hall–Kier alpha value is -1.03. The third-order valence-electron chi connectivity index (χ3n) is 0.896. The van der Waals surface area contributed by atoms with E-state index in [0.29, 0.717) is 6.42 Å². The van der Waals surface area contributed by atoms with E-state index in [9.17, 15) is 0 Å². The molecule has 0 amide bonds. The second kappa shape index (κ2) is 3.04. The van der Waals surface area contributed by atoms with Gasteiger partial charge in [-0.1, -0.05) is 18.7 Å². The number of nitrogens with zero attached hydrogens (tertiary/aromatic N) is 1. The van der Waals surface area contributed by atoms with Gasteiger partial charge in [0.15, 0.2) is 0 Å². The zero-order chi connectivity index (χ0) is 6.57. The average molecular weight is 107 g/mol. The molecule has 0 fully saturated rings. The third kappa shape index (κ3) is 2.20. The van der Waals surface area contributed by atoms with Crippen LogP contribution in [0.2, 0.25) is 0 Å². The van der Waals surface area contributed by atoms with Crippen molar-refractivity contribution in [3.05, 3.63) is 24.3 Å². The second-order valence-electron chi connectivity index (χ2n) is 1.72. The molecule has 0 aromatic heterocycles. The Balaban J connectivity index is 3.71. The van der Waals surface area contributed by atoms with Gasteiger partial charge in [-0.05, 0) is 12.5 Å². The molecule has 0 atom stereocenters. The fraction of sp³-hybridized carbons (Fsp3) is 0.286. The lowest BCUT2D eigenvalue weighted by atomic mass is 10.1. The summed E-state index contributed by atoms with van der Waals surface area (Å²) < 4.78 is 0. The number of rotatable bonds is 2. The molecular weight excluding hydrogens is 98.1 g/mol. The van der Waals surface area contributed by atoms with Gasteiger partial charge < -0.3 is 0 Å². The average Bonchev–Trinajstić information content (AvgIpc) is 1.67. The molecule has 1 heteroatoms. The number of hydrogen-bond acceptors (Lipinski definition) is 1. The normalized spacial score (nSPS) is 7.50. The largest absolute Gasteiger partial charge is 0.198 e. The summed E-state index contributed by atoms with van der Waals surface area (Å²) in [6.45, 7) is 9.09. The van der Waals surface area contributed by atoms with Crippen LogP contribution in [0.25, 0.3) is 0 Å². The predicted octanol–water partition coefficient (Wildman–Crippen LogP) is 2.03. The van der Waals surface area contributed by atoms with Gasteiger partial charge in [0.25, 0.3) is 0 Å². The molecule has 8 heavy (non-hydrogen) atoms. The first kappa shape index (κ1) is 6.97. The third-order valence-corrected chi connectivity index (χ3v) is 0.896. The van der Waals surface area contributed by atoms with Crippen molar-refractivity contribution in [1.29, 1.82) is 5.26 Å². The molecule has 0 aliphatic heterocycles. The SMILES string of the molecule is C=C(C)C(=C)CC#N. The number of allylic oxidation sites excluding steroid dienone is 2. The maximum absolute atomic E-state index is 8.13. The number of hydrogen-bond donors (Lipinski definition) is 0. The molecule has 0 bridgehead atoms. The van der Waals surface area contributed by atoms with Crippen molar-refractivity contribution >= 4 is 0 Å². The van der Waals surface area contributed by atoms with Crippen LogP contribution in [0, 0.1) is 11.3 Å². The Labute approximate surface area is 49.9 Å². The highest BCUT2D eigenvalue weighted by Gasteiger charge is 1.89. The molecular formula is C7H9N. The van der Waals surface area contributed by atoms with E-state index in [-0.39, 0.29) is 0 Å². The summed E-state index contributed by atoms with van der Waals surface area (Å²) in [5.74, 6) is 0. The van der Waals surface area contributed by atoms with Gasteiger partial charge in [0.1, 0.15) is 0 Å². The van der Waals surface area contributed by atoms with Gasteiger partial charge in [0, 0.05) is 0 Å². The van der Waals surface area contributed by atoms with Crippen LogP contribution in [0.3, 0.4) is 0 Å². The van der Waals surface area contributed by atoms with Crippen LogP contribution in [0.5, 0.6) is 0 Å². The molecule has 0 N–H and O–H groups in total. The van der Waals surface area contributed by atoms with Crippen LogP contribution in [0.15, 0.2) is 24.3 Å². The van der Waals surface area contributed by atoms with Crippen molar-refractivity contribution in [3.63, 3.8) is 0 Å². The minimum Gasteiger partial charge on any atom is -0.198 e. The zero-order valence-electron chi connectivity index (χ0n) is 5.07. The second-order valence-corrected chi connectivity index (χ2v) is 1.72. The topological polar surface area (TPSA) is 23.8 Å². The Bertz CT molecular complexity index is 148. The van der Waals surface area contributed by atoms with E-state index in [0.717, 1.165) is 11.1 Å². The molecule has 0 saturated heterocycles. The lowest BCUT2D eigenvalue weighted by Gasteiger charge is -1.93. The molecule has 0 saturated carbocycles. The fourth-order valence-electron chi connectivity index (χ4n) is 0.246. The van der Waals surface area contributed by atoms with E-state index in [1.54, 1.807) is 0 Å². The predicted molar refractivity (Wildman–Crippen MR) is 34.2 cm³/mol. The van der Waals surface area contributed by atoms with Crippen LogP contribution in [0.4, 0.5) is 0 Å². The maximum Gasteiger partial charge on any atom is 0.0669 e. The summed E-state index contributed by atoms with van der Waals surface area (Å²) in [4.78, 5) is 0. The van der Waals surface area contributed by atoms with Crippen LogP contribution >= 0.6 is 0 Å². The van der Waals surface area contributed by atoms with Gasteiger partial charge >= 0.3 is 0 Å². The van der Waals surface area contributed by atoms with Crippen molar-refractivity contribution in [1.82, 2.24) is 0 Å². The zero-order valence-corrected chi connectivity index (χ0v) is 5.07. The quantitative estimate of drug-likeness (QED) is 0.495. The molecule has 0 unspecified atom stereocenters. The van der Waals surface area contributed by atoms with Gasteiger partial charge in [-0.2, -0.15) is 5.26 Å². The highest BCUT2D eigenvalue weighted by atomic mass is 14.2. The van der Waals surface area contributed by atoms with Crippen LogP contribution < -0.4 is 0 Å². The Morgan fingerprint density at radius 1 is 1.62 bits per heavy atom. The summed E-state index contributed by atoms with van der Waals surface area (Å²) in [5, 5.41) is 8.13. The molecule has 0 aromatic rings. The molecule has 0 radical (unpaired) electrons. The van der Waals surface area contributed by atoms with E-state index < -0.39 is 0 Å². The lowest BCUT2D eigenvalue weighted by molar-refractivity contribution is 1.23. The number of nitriles is 1. The van der Waals surface area contributed by atoms with Crippen molar-refractivity contribution in [2.45, 2.75) is 13.3 Å². The summed E-state index contributed by atoms with van der Waals surface area (Å²) in [6, 6.07) is 1.99. The van der Waals surface area contributed by atoms with E-state index in [4.69, 9.17) is 5.26 Å². The van der Waals surface area contributed by atoms with Crippen molar-refractivity contribution in [2.75, 3.05) is 0 Å². The summed E-state index contributed by atoms with van der Waals surface area (Å²) in [7, 11) is 0. The minimum atomic E-state index is 0.398. The molecule has 0 spiro atoms. The first-order valence-corrected chi connectivity index (χ1v) is 2.39. The van der Waals surface area contributed by atoms with Crippen LogP contribution in [0.1, 0.15) is 13.3 Å². The van der Waals surface area contributed by atoms with Crippen molar-refractivity contribution in [2.24, 2.45) is 0 Å². The van der Waals surface area contributed by atoms with Crippen LogP contribution in [-0.2, 0) is 0 Å². The highest BCUT2D eigenvalue weighted by Crippen LogP contribution is 2.05. The van der Waals surface area contributed by atoms with E-state index >= 15 is 0 Å². The first-order valence-electron chi connectivity index (χ1n) is 2.39. The van der Waals surface area contributed by atoms with Gasteiger partial charge in [0.2, 0.25) is 0 Å². The summed E-state index contributed by atoms with van der Waals surface area (Å²) in [6.07, 6.45) is 0.398. The van der Waals surface area contributed by atoms with Gasteiger partial charge in [0.05, 0.1) is 12.5 Å². The van der Waals surface area contributed by atoms with Gasteiger partial charge in [-0.25, -0.2) is 0 Å². The molecule has 0 aliphatic carbocycles. The van der Waals surface area contributed by atoms with E-state index in [1.807, 2.05) is 13.0 Å². The van der Waals surface area contributed by atoms with Gasteiger partial charge in [-0.15, -0.1) is 0 Å². The first-order chi connectivity index (χ1) is 3.68. The maximum atomic E-state index is 8.13. The molecule has 0 aromatic carbocycles. The van der Waals surface area contributed by atoms with E-state index in [2.05, 4.69) is 13.2 Å². The minimum absolute atomic E-state index is 0.398. The summed E-state index contributed by atoms with van der Waals surface area (Å²) >= 11 is 0. The molecule has 0 heterocycles. The van der Waals surface area contributed by atoms with Crippen molar-refractivity contribution in [3.8, 4) is 6.07 Å². The lowest BCUT2D eigenvalue weighted by Crippen LogP contribution is -1.77. The molecule has 0 aliphatic rings. The Kier molecular flexibility index (Phi) is 2.64. The highest BCUT2D eigenvalue weighted by molar-refractivity contribution is 5.25. The molecule has 42 valence electrons. The summed E-state index contributed by atoms with van der Waals surface area (Å²) in [5.41, 5.74) is 1.72. The smallest absolute Gasteiger partial charge is 0.0669 e. The van der Waals surface area contributed by atoms with Crippen LogP contribution in [-0.4, -0.2) is 0 Å². The van der Waals surface area contributed by atoms with Gasteiger partial charge in [-0.3, -0.25) is 0 Å². The van der Waals surface area contributed by atoms with E-state index in [1.165, 1.54) is 0 Å². The van der Waals surface area contributed by atoms with Crippen molar-refractivity contribution < 1.29 is 0 Å². The monoisotopic (exact) mass is 107 g/mol. The Morgan fingerprint density at radius 3 is 2.25 bits per heavy atom.